The minimum Gasteiger partial charge on any atom is -0.463 e. The molecule has 0 aromatic rings. The van der Waals surface area contributed by atoms with Crippen molar-refractivity contribution in [2.45, 2.75) is 70.5 Å². The van der Waals surface area contributed by atoms with Gasteiger partial charge in [-0.2, -0.15) is 5.09 Å². The molecule has 3 aliphatic heterocycles. The van der Waals surface area contributed by atoms with Crippen LogP contribution in [0.1, 0.15) is 27.7 Å². The second-order valence-corrected chi connectivity index (χ2v) is 10.0. The average Bonchev–Trinajstić information content (AvgIpc) is 3.67. The van der Waals surface area contributed by atoms with Gasteiger partial charge in [-0.1, -0.05) is 0 Å². The van der Waals surface area contributed by atoms with E-state index in [4.69, 9.17) is 42.2 Å². The van der Waals surface area contributed by atoms with Gasteiger partial charge in [-0.05, 0) is 0 Å². The summed E-state index contributed by atoms with van der Waals surface area (Å²) in [5.41, 5.74) is 0. The van der Waals surface area contributed by atoms with Crippen molar-refractivity contribution in [3.63, 3.8) is 0 Å². The maximum atomic E-state index is 13.6. The van der Waals surface area contributed by atoms with Crippen molar-refractivity contribution in [3.8, 4) is 0 Å². The standard InChI is InChI=1S/C20H30NO14P/c1-10(22)27-9-16-17(32-11(2)23)18(33-12(3)24)19(34-13(4)25)20(35-16)21-36(26,30-7-14-5-28-14)31-8-15-6-29-15/h14-20H,5-9H2,1-4H3,(H,21,26)/t14?,15?,16-,17-,18+,19-,20-,36?/m1/s1. The Hall–Kier alpha value is -2.13. The lowest BCUT2D eigenvalue weighted by Gasteiger charge is -2.44. The number of carbonyl (C=O) groups excluding carboxylic acids is 4. The van der Waals surface area contributed by atoms with Gasteiger partial charge in [0.15, 0.2) is 24.5 Å². The van der Waals surface area contributed by atoms with Crippen molar-refractivity contribution in [1.29, 1.82) is 0 Å². The van der Waals surface area contributed by atoms with Crippen LogP contribution in [0.25, 0.3) is 0 Å². The second kappa shape index (κ2) is 12.4. The van der Waals surface area contributed by atoms with Crippen molar-refractivity contribution in [3.05, 3.63) is 0 Å². The number of hydrogen-bond donors (Lipinski definition) is 1. The Morgan fingerprint density at radius 3 is 1.67 bits per heavy atom. The Morgan fingerprint density at radius 1 is 0.750 bits per heavy atom. The molecule has 0 bridgehead atoms. The zero-order valence-electron chi connectivity index (χ0n) is 20.2. The third-order valence-electron chi connectivity index (χ3n) is 4.94. The third-order valence-corrected chi connectivity index (χ3v) is 6.49. The molecule has 3 aliphatic rings. The fourth-order valence-corrected chi connectivity index (χ4v) is 4.76. The summed E-state index contributed by atoms with van der Waals surface area (Å²) in [4.78, 5) is 47.1. The predicted octanol–water partition coefficient (Wildman–Crippen LogP) is -0.402. The smallest absolute Gasteiger partial charge is 0.407 e. The van der Waals surface area contributed by atoms with E-state index < -0.39 is 68.9 Å². The van der Waals surface area contributed by atoms with Crippen LogP contribution in [0.5, 0.6) is 0 Å². The summed E-state index contributed by atoms with van der Waals surface area (Å²) in [7, 11) is -4.15. The Balaban J connectivity index is 1.90. The van der Waals surface area contributed by atoms with Gasteiger partial charge in [-0.3, -0.25) is 28.2 Å². The molecule has 2 unspecified atom stereocenters. The SMILES string of the molecule is CC(=O)OC[C@H]1O[C@@H](NP(=O)(OCC2CO2)OCC2CO2)[C@H](OC(C)=O)[C@@H](OC(C)=O)[C@@H]1OC(C)=O. The highest BCUT2D eigenvalue weighted by atomic mass is 31.2. The summed E-state index contributed by atoms with van der Waals surface area (Å²) >= 11 is 0. The summed E-state index contributed by atoms with van der Waals surface area (Å²) in [6.45, 7) is 4.72. The molecule has 36 heavy (non-hydrogen) atoms. The molecule has 7 atom stereocenters. The lowest BCUT2D eigenvalue weighted by Crippen LogP contribution is -2.65. The first-order valence-corrected chi connectivity index (χ1v) is 12.7. The number of hydrogen-bond acceptors (Lipinski definition) is 14. The molecule has 16 heteroatoms. The molecule has 0 spiro atoms. The van der Waals surface area contributed by atoms with Crippen LogP contribution in [0.4, 0.5) is 0 Å². The van der Waals surface area contributed by atoms with Gasteiger partial charge in [0, 0.05) is 27.7 Å². The zero-order valence-corrected chi connectivity index (χ0v) is 21.1. The maximum absolute atomic E-state index is 13.6. The van der Waals surface area contributed by atoms with E-state index in [0.29, 0.717) is 13.2 Å². The molecule has 0 aromatic carbocycles. The van der Waals surface area contributed by atoms with Crippen LogP contribution < -0.4 is 5.09 Å². The van der Waals surface area contributed by atoms with Gasteiger partial charge < -0.3 is 33.2 Å². The molecule has 0 radical (unpaired) electrons. The highest BCUT2D eigenvalue weighted by molar-refractivity contribution is 7.51. The molecule has 0 aliphatic carbocycles. The van der Waals surface area contributed by atoms with Gasteiger partial charge in [0.1, 0.15) is 24.9 Å². The normalized spacial score (nSPS) is 32.5. The van der Waals surface area contributed by atoms with Crippen molar-refractivity contribution < 1.29 is 65.9 Å². The largest absolute Gasteiger partial charge is 0.463 e. The van der Waals surface area contributed by atoms with E-state index in [-0.39, 0.29) is 25.4 Å². The molecular formula is C20H30NO14P. The van der Waals surface area contributed by atoms with E-state index in [9.17, 15) is 23.7 Å². The molecule has 1 N–H and O–H groups in total. The van der Waals surface area contributed by atoms with Crippen LogP contribution >= 0.6 is 7.75 Å². The summed E-state index contributed by atoms with van der Waals surface area (Å²) in [5, 5.41) is 2.58. The molecule has 0 saturated carbocycles. The fraction of sp³-hybridized carbons (Fsp3) is 0.800. The maximum Gasteiger partial charge on any atom is 0.407 e. The third kappa shape index (κ3) is 9.07. The van der Waals surface area contributed by atoms with E-state index in [2.05, 4.69) is 5.09 Å². The van der Waals surface area contributed by atoms with Crippen LogP contribution in [0.2, 0.25) is 0 Å². The van der Waals surface area contributed by atoms with Gasteiger partial charge in [0.2, 0.25) is 0 Å². The molecule has 3 rings (SSSR count). The Morgan fingerprint density at radius 2 is 1.22 bits per heavy atom. The zero-order chi connectivity index (χ0) is 26.5. The summed E-state index contributed by atoms with van der Waals surface area (Å²) < 4.78 is 61.6. The van der Waals surface area contributed by atoms with Crippen molar-refractivity contribution in [2.24, 2.45) is 0 Å². The van der Waals surface area contributed by atoms with E-state index in [1.165, 1.54) is 0 Å². The summed E-state index contributed by atoms with van der Waals surface area (Å²) in [6, 6.07) is 0. The van der Waals surface area contributed by atoms with Crippen LogP contribution in [-0.2, 0) is 65.9 Å². The number of esters is 4. The number of carbonyl (C=O) groups is 4. The first-order valence-electron chi connectivity index (χ1n) is 11.2. The number of nitrogens with one attached hydrogen (secondary N) is 1. The van der Waals surface area contributed by atoms with E-state index >= 15 is 0 Å². The molecule has 3 saturated heterocycles. The van der Waals surface area contributed by atoms with Gasteiger partial charge in [0.05, 0.1) is 26.4 Å². The number of epoxide rings is 2. The molecule has 0 amide bonds. The molecule has 15 nitrogen and oxygen atoms in total. The molecule has 3 fully saturated rings. The van der Waals surface area contributed by atoms with Crippen LogP contribution in [-0.4, -0.2) is 99.8 Å². The second-order valence-electron chi connectivity index (χ2n) is 8.25. The molecule has 204 valence electrons. The van der Waals surface area contributed by atoms with Crippen molar-refractivity contribution in [1.82, 2.24) is 5.09 Å². The van der Waals surface area contributed by atoms with Crippen LogP contribution in [0.3, 0.4) is 0 Å². The van der Waals surface area contributed by atoms with Crippen molar-refractivity contribution >= 4 is 31.6 Å². The van der Waals surface area contributed by atoms with Gasteiger partial charge in [0.25, 0.3) is 0 Å². The number of ether oxygens (including phenoxy) is 7. The minimum atomic E-state index is -4.15. The minimum absolute atomic E-state index is 0.0684. The molecular weight excluding hydrogens is 509 g/mol. The first-order chi connectivity index (χ1) is 17.0. The molecule has 0 aromatic heterocycles. The Kier molecular flexibility index (Phi) is 9.80. The Labute approximate surface area is 206 Å². The van der Waals surface area contributed by atoms with Gasteiger partial charge in [-0.15, -0.1) is 0 Å². The Bertz CT molecular complexity index is 854. The number of rotatable bonds is 13. The topological polar surface area (TPSA) is 187 Å². The van der Waals surface area contributed by atoms with Gasteiger partial charge >= 0.3 is 31.6 Å². The van der Waals surface area contributed by atoms with Crippen LogP contribution in [0.15, 0.2) is 0 Å². The van der Waals surface area contributed by atoms with Crippen LogP contribution in [0, 0.1) is 0 Å². The average molecular weight is 539 g/mol. The van der Waals surface area contributed by atoms with E-state index in [1.807, 2.05) is 0 Å². The fourth-order valence-electron chi connectivity index (χ4n) is 3.29. The van der Waals surface area contributed by atoms with E-state index in [1.54, 1.807) is 0 Å². The highest BCUT2D eigenvalue weighted by Crippen LogP contribution is 2.47. The molecule has 3 heterocycles. The first kappa shape index (κ1) is 28.4. The van der Waals surface area contributed by atoms with Crippen molar-refractivity contribution in [2.75, 3.05) is 33.0 Å². The summed E-state index contributed by atoms with van der Waals surface area (Å²) in [5.74, 6) is -3.04. The lowest BCUT2D eigenvalue weighted by molar-refractivity contribution is -0.255. The highest BCUT2D eigenvalue weighted by Gasteiger charge is 2.54. The summed E-state index contributed by atoms with van der Waals surface area (Å²) in [6.07, 6.45) is -7.50. The quantitative estimate of drug-likeness (QED) is 0.138. The van der Waals surface area contributed by atoms with E-state index in [0.717, 1.165) is 27.7 Å². The predicted molar refractivity (Wildman–Crippen MR) is 114 cm³/mol. The van der Waals surface area contributed by atoms with Gasteiger partial charge in [-0.25, -0.2) is 4.57 Å². The lowest BCUT2D eigenvalue weighted by atomic mass is 9.97. The monoisotopic (exact) mass is 539 g/mol.